The van der Waals surface area contributed by atoms with Gasteiger partial charge in [-0.15, -0.1) is 0 Å². The number of piperidine rings is 1. The lowest BCUT2D eigenvalue weighted by molar-refractivity contribution is -0.116. The highest BCUT2D eigenvalue weighted by atomic mass is 35.5. The first-order valence-corrected chi connectivity index (χ1v) is 13.8. The summed E-state index contributed by atoms with van der Waals surface area (Å²) in [5, 5.41) is 6.45. The molecular formula is C31H35ClFN3O2. The molecule has 5 nitrogen and oxygen atoms in total. The van der Waals surface area contributed by atoms with Gasteiger partial charge in [-0.3, -0.25) is 10.1 Å². The van der Waals surface area contributed by atoms with E-state index in [0.29, 0.717) is 11.7 Å². The SMILES string of the molecule is COc1ccc(-c2ccc(C3(NCC(=O)Nc4ccc(F)c(Cl)c4)CCN(C4CCCC4)CC3)cc2)cc1. The topological polar surface area (TPSA) is 53.6 Å². The molecule has 0 aromatic heterocycles. The van der Waals surface area contributed by atoms with Crippen LogP contribution in [0.4, 0.5) is 10.1 Å². The predicted molar refractivity (Wildman–Crippen MR) is 151 cm³/mol. The molecule has 7 heteroatoms. The van der Waals surface area contributed by atoms with Gasteiger partial charge in [-0.25, -0.2) is 4.39 Å². The Morgan fingerprint density at radius 3 is 2.24 bits per heavy atom. The lowest BCUT2D eigenvalue weighted by Crippen LogP contribution is -2.54. The minimum atomic E-state index is -0.506. The summed E-state index contributed by atoms with van der Waals surface area (Å²) < 4.78 is 18.8. The molecule has 3 aromatic rings. The second kappa shape index (κ2) is 11.9. The summed E-state index contributed by atoms with van der Waals surface area (Å²) in [6, 6.07) is 21.7. The van der Waals surface area contributed by atoms with Crippen LogP contribution in [0.15, 0.2) is 66.7 Å². The Bertz CT molecular complexity index is 1230. The maximum Gasteiger partial charge on any atom is 0.238 e. The van der Waals surface area contributed by atoms with Crippen LogP contribution in [0, 0.1) is 5.82 Å². The fourth-order valence-corrected chi connectivity index (χ4v) is 6.08. The Balaban J connectivity index is 1.32. The van der Waals surface area contributed by atoms with Gasteiger partial charge in [0.25, 0.3) is 0 Å². The monoisotopic (exact) mass is 535 g/mol. The Hall–Kier alpha value is -2.93. The molecule has 0 bridgehead atoms. The molecule has 2 aliphatic rings. The molecule has 3 aromatic carbocycles. The van der Waals surface area contributed by atoms with E-state index in [-0.39, 0.29) is 23.0 Å². The van der Waals surface area contributed by atoms with Crippen molar-refractivity contribution in [3.05, 3.63) is 83.1 Å². The van der Waals surface area contributed by atoms with Gasteiger partial charge in [0.05, 0.1) is 18.7 Å². The third-order valence-corrected chi connectivity index (χ3v) is 8.43. The average Bonchev–Trinajstić information content (AvgIpc) is 3.50. The van der Waals surface area contributed by atoms with Crippen LogP contribution in [-0.2, 0) is 10.3 Å². The van der Waals surface area contributed by atoms with E-state index in [1.807, 2.05) is 12.1 Å². The molecule has 1 aliphatic carbocycles. The van der Waals surface area contributed by atoms with Crippen LogP contribution in [0.1, 0.15) is 44.1 Å². The van der Waals surface area contributed by atoms with Crippen LogP contribution in [0.2, 0.25) is 5.02 Å². The van der Waals surface area contributed by atoms with Crippen LogP contribution in [-0.4, -0.2) is 43.6 Å². The zero-order valence-electron chi connectivity index (χ0n) is 21.8. The van der Waals surface area contributed by atoms with Gasteiger partial charge in [0.2, 0.25) is 5.91 Å². The van der Waals surface area contributed by atoms with Crippen molar-refractivity contribution in [3.63, 3.8) is 0 Å². The number of nitrogens with one attached hydrogen (secondary N) is 2. The Morgan fingerprint density at radius 1 is 1.00 bits per heavy atom. The average molecular weight is 536 g/mol. The minimum absolute atomic E-state index is 0.0107. The number of methoxy groups -OCH3 is 1. The number of carbonyl (C=O) groups excluding carboxylic acids is 1. The molecule has 200 valence electrons. The molecule has 0 atom stereocenters. The van der Waals surface area contributed by atoms with Crippen molar-refractivity contribution in [3.8, 4) is 16.9 Å². The molecule has 1 saturated carbocycles. The van der Waals surface area contributed by atoms with Crippen LogP contribution < -0.4 is 15.4 Å². The first-order valence-electron chi connectivity index (χ1n) is 13.4. The summed E-state index contributed by atoms with van der Waals surface area (Å²) in [6.07, 6.45) is 7.09. The van der Waals surface area contributed by atoms with E-state index >= 15 is 0 Å². The highest BCUT2D eigenvalue weighted by Crippen LogP contribution is 2.37. The maximum absolute atomic E-state index is 13.5. The number of ether oxygens (including phenoxy) is 1. The lowest BCUT2D eigenvalue weighted by atomic mass is 9.79. The van der Waals surface area contributed by atoms with Gasteiger partial charge >= 0.3 is 0 Å². The molecule has 1 amide bonds. The number of amides is 1. The van der Waals surface area contributed by atoms with Gasteiger partial charge in [0.1, 0.15) is 11.6 Å². The number of hydrogen-bond acceptors (Lipinski definition) is 4. The maximum atomic E-state index is 13.5. The highest BCUT2D eigenvalue weighted by molar-refractivity contribution is 6.31. The number of nitrogens with zero attached hydrogens (tertiary/aromatic N) is 1. The van der Waals surface area contributed by atoms with E-state index < -0.39 is 5.82 Å². The predicted octanol–water partition coefficient (Wildman–Crippen LogP) is 6.62. The van der Waals surface area contributed by atoms with Gasteiger partial charge in [-0.2, -0.15) is 0 Å². The molecule has 0 spiro atoms. The van der Waals surface area contributed by atoms with Crippen LogP contribution in [0.25, 0.3) is 11.1 Å². The van der Waals surface area contributed by atoms with Crippen LogP contribution in [0.5, 0.6) is 5.75 Å². The van der Waals surface area contributed by atoms with Crippen molar-refractivity contribution in [2.75, 3.05) is 32.1 Å². The molecule has 5 rings (SSSR count). The number of anilines is 1. The first-order chi connectivity index (χ1) is 18.5. The summed E-state index contributed by atoms with van der Waals surface area (Å²) >= 11 is 5.89. The number of hydrogen-bond donors (Lipinski definition) is 2. The summed E-state index contributed by atoms with van der Waals surface area (Å²) in [5.74, 6) is 0.151. The molecule has 1 aliphatic heterocycles. The third kappa shape index (κ3) is 6.04. The van der Waals surface area contributed by atoms with E-state index in [0.717, 1.165) is 42.8 Å². The van der Waals surface area contributed by atoms with Crippen molar-refractivity contribution in [2.24, 2.45) is 0 Å². The molecule has 0 radical (unpaired) electrons. The summed E-state index contributed by atoms with van der Waals surface area (Å²) in [4.78, 5) is 15.5. The third-order valence-electron chi connectivity index (χ3n) is 8.14. The van der Waals surface area contributed by atoms with Crippen LogP contribution >= 0.6 is 11.6 Å². The minimum Gasteiger partial charge on any atom is -0.497 e. The summed E-state index contributed by atoms with van der Waals surface area (Å²) in [7, 11) is 1.67. The van der Waals surface area contributed by atoms with E-state index in [2.05, 4.69) is 51.9 Å². The number of halogens is 2. The van der Waals surface area contributed by atoms with Crippen molar-refractivity contribution in [1.29, 1.82) is 0 Å². The second-order valence-electron chi connectivity index (χ2n) is 10.4. The second-order valence-corrected chi connectivity index (χ2v) is 10.8. The van der Waals surface area contributed by atoms with E-state index in [1.165, 1.54) is 49.4 Å². The number of likely N-dealkylation sites (tertiary alicyclic amines) is 1. The smallest absolute Gasteiger partial charge is 0.238 e. The summed E-state index contributed by atoms with van der Waals surface area (Å²) in [6.45, 7) is 2.17. The van der Waals surface area contributed by atoms with E-state index in [4.69, 9.17) is 16.3 Å². The summed E-state index contributed by atoms with van der Waals surface area (Å²) in [5.41, 5.74) is 3.65. The number of rotatable bonds is 8. The van der Waals surface area contributed by atoms with Gasteiger partial charge in [0, 0.05) is 30.4 Å². The number of benzene rings is 3. The van der Waals surface area contributed by atoms with Crippen molar-refractivity contribution < 1.29 is 13.9 Å². The van der Waals surface area contributed by atoms with Crippen LogP contribution in [0.3, 0.4) is 0 Å². The highest BCUT2D eigenvalue weighted by Gasteiger charge is 2.38. The molecule has 1 heterocycles. The van der Waals surface area contributed by atoms with E-state index in [9.17, 15) is 9.18 Å². The van der Waals surface area contributed by atoms with Gasteiger partial charge in [-0.05, 0) is 72.7 Å². The molecule has 2 N–H and O–H groups in total. The van der Waals surface area contributed by atoms with Crippen molar-refractivity contribution in [1.82, 2.24) is 10.2 Å². The number of carbonyl (C=O) groups is 1. The van der Waals surface area contributed by atoms with Crippen molar-refractivity contribution >= 4 is 23.2 Å². The molecule has 38 heavy (non-hydrogen) atoms. The zero-order chi connectivity index (χ0) is 26.5. The zero-order valence-corrected chi connectivity index (χ0v) is 22.6. The molecule has 1 saturated heterocycles. The van der Waals surface area contributed by atoms with Crippen molar-refractivity contribution in [2.45, 2.75) is 50.1 Å². The van der Waals surface area contributed by atoms with Gasteiger partial charge in [0.15, 0.2) is 0 Å². The molecule has 0 unspecified atom stereocenters. The molecular weight excluding hydrogens is 501 g/mol. The van der Waals surface area contributed by atoms with E-state index in [1.54, 1.807) is 7.11 Å². The fraction of sp³-hybridized carbons (Fsp3) is 0.387. The Labute approximate surface area is 229 Å². The molecule has 2 fully saturated rings. The Kier molecular flexibility index (Phi) is 8.32. The fourth-order valence-electron chi connectivity index (χ4n) is 5.90. The Morgan fingerprint density at radius 2 is 1.63 bits per heavy atom. The van der Waals surface area contributed by atoms with Gasteiger partial charge < -0.3 is 15.0 Å². The standard InChI is InChI=1S/C31H35ClFN3O2/c1-38-27-13-8-23(9-14-27)22-6-10-24(11-7-22)31(16-18-36(19-17-31)26-4-2-3-5-26)34-21-30(37)35-25-12-15-29(33)28(32)20-25/h6-15,20,26,34H,2-5,16-19,21H2,1H3,(H,35,37). The largest absolute Gasteiger partial charge is 0.497 e. The first kappa shape index (κ1) is 26.7. The van der Waals surface area contributed by atoms with Gasteiger partial charge in [-0.1, -0.05) is 60.8 Å². The lowest BCUT2D eigenvalue weighted by Gasteiger charge is -2.45. The quantitative estimate of drug-likeness (QED) is 0.340. The normalized spacial score (nSPS) is 17.9.